The number of aryl methyl sites for hydroxylation is 1. The van der Waals surface area contributed by atoms with Gasteiger partial charge in [0.25, 0.3) is 0 Å². The highest BCUT2D eigenvalue weighted by Crippen LogP contribution is 2.29. The molecule has 108 valence electrons. The maximum Gasteiger partial charge on any atom is 0.124 e. The summed E-state index contributed by atoms with van der Waals surface area (Å²) in [5.74, 6) is 1.32. The summed E-state index contributed by atoms with van der Waals surface area (Å²) in [6, 6.07) is 5.89. The number of halogens is 1. The molecule has 0 aromatic heterocycles. The van der Waals surface area contributed by atoms with Gasteiger partial charge in [-0.1, -0.05) is 18.9 Å². The zero-order chi connectivity index (χ0) is 14.1. The standard InChI is InChI=1S/C15H24ClNO2/c1-19-15-7-6-12(8-9-16)11-13(15)14(18)5-3-2-4-10-17/h6-7,11,14,18H,2-5,8-10,17H2,1H3. The summed E-state index contributed by atoms with van der Waals surface area (Å²) in [6.45, 7) is 0.713. The fourth-order valence-electron chi connectivity index (χ4n) is 2.12. The smallest absolute Gasteiger partial charge is 0.124 e. The molecule has 0 aliphatic heterocycles. The highest BCUT2D eigenvalue weighted by Gasteiger charge is 2.13. The molecule has 1 atom stereocenters. The minimum absolute atomic E-state index is 0.483. The first-order valence-corrected chi connectivity index (χ1v) is 7.37. The van der Waals surface area contributed by atoms with E-state index in [9.17, 15) is 5.11 Å². The fourth-order valence-corrected chi connectivity index (χ4v) is 2.34. The number of hydrogen-bond donors (Lipinski definition) is 2. The Bertz CT molecular complexity index is 371. The topological polar surface area (TPSA) is 55.5 Å². The van der Waals surface area contributed by atoms with E-state index < -0.39 is 6.10 Å². The fraction of sp³-hybridized carbons (Fsp3) is 0.600. The molecule has 3 N–H and O–H groups in total. The molecule has 0 saturated heterocycles. The van der Waals surface area contributed by atoms with Gasteiger partial charge in [-0.05, 0) is 43.5 Å². The number of rotatable bonds is 9. The van der Waals surface area contributed by atoms with Crippen LogP contribution in [0.1, 0.15) is 42.9 Å². The average molecular weight is 286 g/mol. The van der Waals surface area contributed by atoms with Gasteiger partial charge in [0.05, 0.1) is 13.2 Å². The van der Waals surface area contributed by atoms with Crippen molar-refractivity contribution in [2.45, 2.75) is 38.2 Å². The van der Waals surface area contributed by atoms with Gasteiger partial charge in [-0.2, -0.15) is 0 Å². The molecular formula is C15H24ClNO2. The molecule has 1 unspecified atom stereocenters. The van der Waals surface area contributed by atoms with Crippen molar-refractivity contribution in [3.63, 3.8) is 0 Å². The number of benzene rings is 1. The van der Waals surface area contributed by atoms with Crippen molar-refractivity contribution in [1.82, 2.24) is 0 Å². The Kier molecular flexibility index (Phi) is 7.87. The molecule has 0 spiro atoms. The number of unbranched alkanes of at least 4 members (excludes halogenated alkanes) is 2. The Balaban J connectivity index is 2.69. The molecule has 4 heteroatoms. The third kappa shape index (κ3) is 5.39. The van der Waals surface area contributed by atoms with Gasteiger partial charge in [0.1, 0.15) is 5.75 Å². The molecule has 0 fully saturated rings. The Hall–Kier alpha value is -0.770. The number of nitrogens with two attached hydrogens (primary N) is 1. The summed E-state index contributed by atoms with van der Waals surface area (Å²) in [7, 11) is 1.63. The van der Waals surface area contributed by atoms with E-state index in [0.29, 0.717) is 12.4 Å². The van der Waals surface area contributed by atoms with Gasteiger partial charge in [-0.3, -0.25) is 0 Å². The van der Waals surface area contributed by atoms with Crippen molar-refractivity contribution >= 4 is 11.6 Å². The van der Waals surface area contributed by atoms with Crippen LogP contribution < -0.4 is 10.5 Å². The summed E-state index contributed by atoms with van der Waals surface area (Å²) >= 11 is 5.75. The lowest BCUT2D eigenvalue weighted by molar-refractivity contribution is 0.159. The van der Waals surface area contributed by atoms with E-state index in [0.717, 1.165) is 49.0 Å². The lowest BCUT2D eigenvalue weighted by Gasteiger charge is -2.16. The van der Waals surface area contributed by atoms with E-state index in [1.54, 1.807) is 7.11 Å². The van der Waals surface area contributed by atoms with Gasteiger partial charge in [0, 0.05) is 11.4 Å². The van der Waals surface area contributed by atoms with Crippen LogP contribution in [0.15, 0.2) is 18.2 Å². The molecule has 1 aromatic rings. The van der Waals surface area contributed by atoms with Gasteiger partial charge in [-0.25, -0.2) is 0 Å². The normalized spacial score (nSPS) is 12.4. The van der Waals surface area contributed by atoms with Crippen LogP contribution in [-0.2, 0) is 6.42 Å². The van der Waals surface area contributed by atoms with E-state index in [1.807, 2.05) is 18.2 Å². The molecule has 0 bridgehead atoms. The Morgan fingerprint density at radius 2 is 2.11 bits per heavy atom. The van der Waals surface area contributed by atoms with Crippen molar-refractivity contribution < 1.29 is 9.84 Å². The number of methoxy groups -OCH3 is 1. The Morgan fingerprint density at radius 3 is 2.74 bits per heavy atom. The lowest BCUT2D eigenvalue weighted by Crippen LogP contribution is -2.03. The van der Waals surface area contributed by atoms with E-state index in [2.05, 4.69) is 0 Å². The van der Waals surface area contributed by atoms with E-state index in [-0.39, 0.29) is 0 Å². The zero-order valence-electron chi connectivity index (χ0n) is 11.6. The minimum Gasteiger partial charge on any atom is -0.496 e. The third-order valence-electron chi connectivity index (χ3n) is 3.22. The van der Waals surface area contributed by atoms with E-state index in [4.69, 9.17) is 22.1 Å². The molecule has 0 aliphatic rings. The van der Waals surface area contributed by atoms with E-state index in [1.165, 1.54) is 0 Å². The van der Waals surface area contributed by atoms with Crippen molar-refractivity contribution in [3.8, 4) is 5.75 Å². The second-order valence-electron chi connectivity index (χ2n) is 4.67. The summed E-state index contributed by atoms with van der Waals surface area (Å²) in [5.41, 5.74) is 7.45. The zero-order valence-corrected chi connectivity index (χ0v) is 12.3. The van der Waals surface area contributed by atoms with Crippen LogP contribution in [0.5, 0.6) is 5.75 Å². The first-order valence-electron chi connectivity index (χ1n) is 6.83. The summed E-state index contributed by atoms with van der Waals surface area (Å²) in [4.78, 5) is 0. The maximum atomic E-state index is 10.3. The van der Waals surface area contributed by atoms with Crippen LogP contribution in [0.3, 0.4) is 0 Å². The Morgan fingerprint density at radius 1 is 1.32 bits per heavy atom. The number of ether oxygens (including phenoxy) is 1. The third-order valence-corrected chi connectivity index (χ3v) is 3.41. The number of hydrogen-bond acceptors (Lipinski definition) is 3. The van der Waals surface area contributed by atoms with Gasteiger partial charge < -0.3 is 15.6 Å². The van der Waals surface area contributed by atoms with Crippen LogP contribution in [0.25, 0.3) is 0 Å². The van der Waals surface area contributed by atoms with Crippen LogP contribution in [0.2, 0.25) is 0 Å². The Labute approximate surface area is 120 Å². The molecule has 3 nitrogen and oxygen atoms in total. The predicted molar refractivity (Wildman–Crippen MR) is 79.9 cm³/mol. The molecule has 1 aromatic carbocycles. The van der Waals surface area contributed by atoms with Gasteiger partial charge in [0.15, 0.2) is 0 Å². The van der Waals surface area contributed by atoms with Crippen LogP contribution >= 0.6 is 11.6 Å². The first-order chi connectivity index (χ1) is 9.22. The number of aliphatic hydroxyl groups is 1. The lowest BCUT2D eigenvalue weighted by atomic mass is 9.99. The van der Waals surface area contributed by atoms with Crippen LogP contribution in [-0.4, -0.2) is 24.6 Å². The number of aliphatic hydroxyl groups excluding tert-OH is 1. The first kappa shape index (κ1) is 16.3. The van der Waals surface area contributed by atoms with Gasteiger partial charge >= 0.3 is 0 Å². The average Bonchev–Trinajstić information content (AvgIpc) is 2.43. The number of alkyl halides is 1. The van der Waals surface area contributed by atoms with Crippen LogP contribution in [0.4, 0.5) is 0 Å². The molecule has 0 radical (unpaired) electrons. The second-order valence-corrected chi connectivity index (χ2v) is 5.05. The molecule has 0 heterocycles. The molecule has 0 aliphatic carbocycles. The largest absolute Gasteiger partial charge is 0.496 e. The summed E-state index contributed by atoms with van der Waals surface area (Å²) in [5, 5.41) is 10.3. The van der Waals surface area contributed by atoms with Gasteiger partial charge in [0.2, 0.25) is 0 Å². The maximum absolute atomic E-state index is 10.3. The predicted octanol–water partition coefficient (Wildman–Crippen LogP) is 3.03. The van der Waals surface area contributed by atoms with Crippen molar-refractivity contribution in [2.75, 3.05) is 19.5 Å². The summed E-state index contributed by atoms with van der Waals surface area (Å²) in [6.07, 6.45) is 4.09. The van der Waals surface area contributed by atoms with E-state index >= 15 is 0 Å². The molecule has 1 rings (SSSR count). The molecule has 0 amide bonds. The summed E-state index contributed by atoms with van der Waals surface area (Å²) < 4.78 is 5.31. The SMILES string of the molecule is COc1ccc(CCCl)cc1C(O)CCCCCN. The van der Waals surface area contributed by atoms with Crippen molar-refractivity contribution in [1.29, 1.82) is 0 Å². The van der Waals surface area contributed by atoms with Crippen LogP contribution in [0, 0.1) is 0 Å². The van der Waals surface area contributed by atoms with Crippen molar-refractivity contribution in [2.24, 2.45) is 5.73 Å². The molecular weight excluding hydrogens is 262 g/mol. The minimum atomic E-state index is -0.483. The molecule has 0 saturated carbocycles. The monoisotopic (exact) mass is 285 g/mol. The molecule has 19 heavy (non-hydrogen) atoms. The second kappa shape index (κ2) is 9.18. The quantitative estimate of drug-likeness (QED) is 0.542. The van der Waals surface area contributed by atoms with Crippen molar-refractivity contribution in [3.05, 3.63) is 29.3 Å². The highest BCUT2D eigenvalue weighted by molar-refractivity contribution is 6.17. The van der Waals surface area contributed by atoms with Gasteiger partial charge in [-0.15, -0.1) is 11.6 Å². The highest BCUT2D eigenvalue weighted by atomic mass is 35.5.